The SMILES string of the molecule is O=C1[C@@H]2C[C@]3(C(=O)Nc4cc(Br)ccc43)[C@H](c3ccc(Br)cc3)N2C(=O)[C@@H]2CCCN12. The number of benzene rings is 2. The number of rotatable bonds is 1. The minimum atomic E-state index is -1.00. The Kier molecular flexibility index (Phi) is 4.18. The van der Waals surface area contributed by atoms with E-state index in [2.05, 4.69) is 37.2 Å². The van der Waals surface area contributed by atoms with Gasteiger partial charge in [0.1, 0.15) is 17.5 Å². The first-order valence-electron chi connectivity index (χ1n) is 10.4. The maximum atomic E-state index is 13.7. The Morgan fingerprint density at radius 3 is 2.45 bits per heavy atom. The van der Waals surface area contributed by atoms with E-state index in [4.69, 9.17) is 0 Å². The molecule has 4 atom stereocenters. The third kappa shape index (κ3) is 2.52. The summed E-state index contributed by atoms with van der Waals surface area (Å²) in [6.07, 6.45) is 1.82. The number of carbonyl (C=O) groups is 3. The summed E-state index contributed by atoms with van der Waals surface area (Å²) in [5, 5.41) is 3.03. The van der Waals surface area contributed by atoms with Crippen molar-refractivity contribution >= 4 is 55.3 Å². The highest BCUT2D eigenvalue weighted by Gasteiger charge is 2.67. The van der Waals surface area contributed by atoms with Crippen LogP contribution in [0.2, 0.25) is 0 Å². The maximum absolute atomic E-state index is 13.7. The van der Waals surface area contributed by atoms with Gasteiger partial charge in [0.05, 0.1) is 6.04 Å². The molecule has 1 spiro atoms. The van der Waals surface area contributed by atoms with Gasteiger partial charge in [-0.1, -0.05) is 50.1 Å². The number of nitrogens with zero attached hydrogens (tertiary/aromatic N) is 2. The van der Waals surface area contributed by atoms with Crippen molar-refractivity contribution < 1.29 is 14.4 Å². The van der Waals surface area contributed by atoms with E-state index in [0.29, 0.717) is 19.4 Å². The van der Waals surface area contributed by atoms with E-state index >= 15 is 0 Å². The summed E-state index contributed by atoms with van der Waals surface area (Å²) in [4.78, 5) is 44.2. The average Bonchev–Trinajstić information content (AvgIpc) is 3.43. The molecule has 6 nitrogen and oxygen atoms in total. The molecule has 4 aliphatic rings. The van der Waals surface area contributed by atoms with Gasteiger partial charge in [-0.3, -0.25) is 14.4 Å². The lowest BCUT2D eigenvalue weighted by molar-refractivity contribution is -0.159. The predicted molar refractivity (Wildman–Crippen MR) is 121 cm³/mol. The van der Waals surface area contributed by atoms with Crippen LogP contribution in [0.15, 0.2) is 51.4 Å². The van der Waals surface area contributed by atoms with E-state index in [0.717, 1.165) is 32.2 Å². The summed E-state index contributed by atoms with van der Waals surface area (Å²) in [7, 11) is 0. The highest BCUT2D eigenvalue weighted by atomic mass is 79.9. The molecule has 31 heavy (non-hydrogen) atoms. The lowest BCUT2D eigenvalue weighted by Gasteiger charge is -2.42. The Morgan fingerprint density at radius 2 is 1.68 bits per heavy atom. The van der Waals surface area contributed by atoms with Crippen molar-refractivity contribution in [2.45, 2.75) is 42.8 Å². The van der Waals surface area contributed by atoms with Gasteiger partial charge in [-0.2, -0.15) is 0 Å². The quantitative estimate of drug-likeness (QED) is 0.594. The lowest BCUT2D eigenvalue weighted by Crippen LogP contribution is -2.61. The molecule has 2 aromatic rings. The molecule has 0 aromatic heterocycles. The standard InChI is InChI=1S/C23H19Br2N3O3/c24-13-5-3-12(4-6-13)19-23(15-8-7-14(25)10-16(15)26-22(23)31)11-18-20(29)27-9-1-2-17(27)21(30)28(18)19/h3-8,10,17-19H,1-2,9,11H2,(H,26,31)/t17-,18-,19-,23+/m0/s1. The summed E-state index contributed by atoms with van der Waals surface area (Å²) in [6.45, 7) is 0.616. The van der Waals surface area contributed by atoms with Crippen molar-refractivity contribution in [1.29, 1.82) is 0 Å². The zero-order valence-corrected chi connectivity index (χ0v) is 19.6. The van der Waals surface area contributed by atoms with Crippen LogP contribution in [-0.4, -0.2) is 46.1 Å². The molecule has 158 valence electrons. The number of nitrogens with one attached hydrogen (secondary N) is 1. The zero-order chi connectivity index (χ0) is 21.5. The number of hydrogen-bond donors (Lipinski definition) is 1. The lowest BCUT2D eigenvalue weighted by atomic mass is 9.72. The Bertz CT molecular complexity index is 1150. The van der Waals surface area contributed by atoms with Crippen LogP contribution < -0.4 is 5.32 Å². The maximum Gasteiger partial charge on any atom is 0.246 e. The predicted octanol–water partition coefficient (Wildman–Crippen LogP) is 3.75. The molecule has 1 N–H and O–H groups in total. The van der Waals surface area contributed by atoms with E-state index < -0.39 is 23.5 Å². The highest BCUT2D eigenvalue weighted by molar-refractivity contribution is 9.10. The van der Waals surface area contributed by atoms with Crippen LogP contribution in [0.3, 0.4) is 0 Å². The molecule has 6 rings (SSSR count). The van der Waals surface area contributed by atoms with Gasteiger partial charge in [0.2, 0.25) is 17.7 Å². The van der Waals surface area contributed by atoms with Crippen molar-refractivity contribution in [2.24, 2.45) is 0 Å². The van der Waals surface area contributed by atoms with E-state index in [1.54, 1.807) is 9.80 Å². The van der Waals surface area contributed by atoms with Gasteiger partial charge in [-0.05, 0) is 54.7 Å². The van der Waals surface area contributed by atoms with Crippen molar-refractivity contribution in [3.05, 3.63) is 62.5 Å². The summed E-state index contributed by atoms with van der Waals surface area (Å²) >= 11 is 6.96. The molecule has 3 fully saturated rings. The Labute approximate surface area is 196 Å². The van der Waals surface area contributed by atoms with Crippen molar-refractivity contribution in [1.82, 2.24) is 9.80 Å². The van der Waals surface area contributed by atoms with E-state index in [1.165, 1.54) is 0 Å². The number of hydrogen-bond acceptors (Lipinski definition) is 3. The van der Waals surface area contributed by atoms with E-state index in [-0.39, 0.29) is 17.7 Å². The van der Waals surface area contributed by atoms with Gasteiger partial charge in [-0.15, -0.1) is 0 Å². The number of halogens is 2. The molecular weight excluding hydrogens is 526 g/mol. The number of anilines is 1. The molecule has 4 aliphatic heterocycles. The van der Waals surface area contributed by atoms with Crippen molar-refractivity contribution in [3.8, 4) is 0 Å². The molecule has 0 unspecified atom stereocenters. The van der Waals surface area contributed by atoms with E-state index in [1.807, 2.05) is 42.5 Å². The number of amides is 3. The minimum absolute atomic E-state index is 0.0283. The molecular formula is C23H19Br2N3O3. The number of carbonyl (C=O) groups excluding carboxylic acids is 3. The van der Waals surface area contributed by atoms with Crippen LogP contribution in [0.25, 0.3) is 0 Å². The molecule has 2 aromatic carbocycles. The highest BCUT2D eigenvalue weighted by Crippen LogP contribution is 2.58. The van der Waals surface area contributed by atoms with E-state index in [9.17, 15) is 14.4 Å². The number of piperazine rings is 1. The van der Waals surface area contributed by atoms with Gasteiger partial charge in [-0.25, -0.2) is 0 Å². The molecule has 0 saturated carbocycles. The second-order valence-corrected chi connectivity index (χ2v) is 10.6. The van der Waals surface area contributed by atoms with Gasteiger partial charge in [0, 0.05) is 21.2 Å². The first kappa shape index (κ1) is 19.5. The monoisotopic (exact) mass is 543 g/mol. The third-order valence-corrected chi connectivity index (χ3v) is 8.28. The average molecular weight is 545 g/mol. The van der Waals surface area contributed by atoms with Crippen LogP contribution >= 0.6 is 31.9 Å². The van der Waals surface area contributed by atoms with Crippen LogP contribution in [0.5, 0.6) is 0 Å². The Balaban J connectivity index is 1.58. The van der Waals surface area contributed by atoms with Crippen LogP contribution in [0, 0.1) is 0 Å². The van der Waals surface area contributed by atoms with Gasteiger partial charge >= 0.3 is 0 Å². The van der Waals surface area contributed by atoms with Crippen molar-refractivity contribution in [3.63, 3.8) is 0 Å². The van der Waals surface area contributed by atoms with Gasteiger partial charge in [0.25, 0.3) is 0 Å². The fourth-order valence-corrected chi connectivity index (χ4v) is 6.62. The van der Waals surface area contributed by atoms with Crippen molar-refractivity contribution in [2.75, 3.05) is 11.9 Å². The van der Waals surface area contributed by atoms with Gasteiger partial charge < -0.3 is 15.1 Å². The van der Waals surface area contributed by atoms with Crippen LogP contribution in [-0.2, 0) is 19.8 Å². The van der Waals surface area contributed by atoms with Gasteiger partial charge in [0.15, 0.2) is 0 Å². The largest absolute Gasteiger partial charge is 0.329 e. The molecule has 4 heterocycles. The Morgan fingerprint density at radius 1 is 0.935 bits per heavy atom. The molecule has 8 heteroatoms. The molecule has 0 aliphatic carbocycles. The van der Waals surface area contributed by atoms with Crippen LogP contribution in [0.4, 0.5) is 5.69 Å². The zero-order valence-electron chi connectivity index (χ0n) is 16.5. The Hall–Kier alpha value is -2.19. The topological polar surface area (TPSA) is 69.7 Å². The molecule has 3 amide bonds. The fraction of sp³-hybridized carbons (Fsp3) is 0.348. The third-order valence-electron chi connectivity index (χ3n) is 7.26. The smallest absolute Gasteiger partial charge is 0.246 e. The summed E-state index contributed by atoms with van der Waals surface area (Å²) in [5.41, 5.74) is 1.45. The first-order chi connectivity index (χ1) is 14.9. The normalized spacial score (nSPS) is 31.2. The van der Waals surface area contributed by atoms with Crippen LogP contribution in [0.1, 0.15) is 36.4 Å². The molecule has 0 bridgehead atoms. The second kappa shape index (κ2) is 6.65. The number of fused-ring (bicyclic) bond motifs is 4. The minimum Gasteiger partial charge on any atom is -0.329 e. The second-order valence-electron chi connectivity index (χ2n) is 8.72. The summed E-state index contributed by atoms with van der Waals surface area (Å²) in [6, 6.07) is 11.9. The summed E-state index contributed by atoms with van der Waals surface area (Å²) in [5.74, 6) is -0.214. The molecule has 3 saturated heterocycles. The molecule has 0 radical (unpaired) electrons. The fourth-order valence-electron chi connectivity index (χ4n) is 6.00. The summed E-state index contributed by atoms with van der Waals surface area (Å²) < 4.78 is 1.79. The first-order valence-corrected chi connectivity index (χ1v) is 12.0.